The molecule has 3 aliphatic heterocycles. The summed E-state index contributed by atoms with van der Waals surface area (Å²) in [6.45, 7) is 25.4. The van der Waals surface area contributed by atoms with Gasteiger partial charge in [0.05, 0.1) is 16.7 Å². The Morgan fingerprint density at radius 3 is 1.16 bits per heavy atom. The van der Waals surface area contributed by atoms with Crippen molar-refractivity contribution >= 4 is 17.9 Å². The van der Waals surface area contributed by atoms with Gasteiger partial charge in [-0.05, 0) is 125 Å². The molecule has 3 saturated heterocycles. The fourth-order valence-electron chi connectivity index (χ4n) is 9.46. The van der Waals surface area contributed by atoms with E-state index < -0.39 is 11.9 Å². The first-order valence-electron chi connectivity index (χ1n) is 18.6. The monoisotopic (exact) mass is 703 g/mol. The molecule has 0 saturated carbocycles. The highest BCUT2D eigenvalue weighted by Crippen LogP contribution is 2.35. The number of rotatable bonds is 7. The van der Waals surface area contributed by atoms with Gasteiger partial charge in [0.1, 0.15) is 18.3 Å². The van der Waals surface area contributed by atoms with E-state index in [1.165, 1.54) is 0 Å². The van der Waals surface area contributed by atoms with Crippen LogP contribution in [0.5, 0.6) is 0 Å². The minimum Gasteiger partial charge on any atom is -0.459 e. The molecule has 0 radical (unpaired) electrons. The van der Waals surface area contributed by atoms with Crippen LogP contribution in [-0.2, 0) is 14.2 Å². The zero-order chi connectivity index (χ0) is 37.8. The van der Waals surface area contributed by atoms with Gasteiger partial charge in [-0.2, -0.15) is 0 Å². The zero-order valence-corrected chi connectivity index (χ0v) is 33.0. The topological polar surface area (TPSA) is 115 Å². The largest absolute Gasteiger partial charge is 0.459 e. The van der Waals surface area contributed by atoms with Crippen molar-refractivity contribution in [2.75, 3.05) is 0 Å². The third-order valence-corrected chi connectivity index (χ3v) is 10.2. The molecule has 3 heterocycles. The van der Waals surface area contributed by atoms with Gasteiger partial charge in [0.15, 0.2) is 0 Å². The quantitative estimate of drug-likeness (QED) is 0.197. The molecule has 3 fully saturated rings. The highest BCUT2D eigenvalue weighted by atomic mass is 16.6. The van der Waals surface area contributed by atoms with E-state index in [9.17, 15) is 14.4 Å². The van der Waals surface area contributed by atoms with Crippen molar-refractivity contribution in [3.8, 4) is 11.1 Å². The molecule has 0 aromatic heterocycles. The van der Waals surface area contributed by atoms with E-state index in [2.05, 4.69) is 99.0 Å². The highest BCUT2D eigenvalue weighted by molar-refractivity contribution is 6.01. The van der Waals surface area contributed by atoms with Gasteiger partial charge in [-0.3, -0.25) is 0 Å². The van der Waals surface area contributed by atoms with E-state index in [1.54, 1.807) is 42.5 Å². The van der Waals surface area contributed by atoms with Crippen LogP contribution < -0.4 is 16.0 Å². The van der Waals surface area contributed by atoms with Crippen LogP contribution in [0.4, 0.5) is 0 Å². The van der Waals surface area contributed by atoms with E-state index in [4.69, 9.17) is 14.2 Å². The minimum absolute atomic E-state index is 0.159. The summed E-state index contributed by atoms with van der Waals surface area (Å²) in [5, 5.41) is 10.9. The zero-order valence-electron chi connectivity index (χ0n) is 33.0. The van der Waals surface area contributed by atoms with Crippen molar-refractivity contribution < 1.29 is 28.6 Å². The lowest BCUT2D eigenvalue weighted by atomic mass is 9.81. The maximum atomic E-state index is 13.9. The number of benzene rings is 2. The molecule has 9 nitrogen and oxygen atoms in total. The molecule has 0 unspecified atom stereocenters. The number of nitrogens with one attached hydrogen (secondary N) is 3. The van der Waals surface area contributed by atoms with Crippen LogP contribution in [0.2, 0.25) is 0 Å². The van der Waals surface area contributed by atoms with Crippen LogP contribution in [0, 0.1) is 0 Å². The van der Waals surface area contributed by atoms with Crippen molar-refractivity contribution in [3.05, 3.63) is 59.2 Å². The Bertz CT molecular complexity index is 1590. The Labute approximate surface area is 305 Å². The van der Waals surface area contributed by atoms with Crippen LogP contribution >= 0.6 is 0 Å². The average Bonchev–Trinajstić information content (AvgIpc) is 2.91. The molecule has 2 aromatic rings. The average molecular weight is 704 g/mol. The van der Waals surface area contributed by atoms with Crippen LogP contribution in [-0.4, -0.2) is 69.5 Å². The molecule has 51 heavy (non-hydrogen) atoms. The van der Waals surface area contributed by atoms with Gasteiger partial charge < -0.3 is 30.2 Å². The maximum absolute atomic E-state index is 13.9. The third-order valence-electron chi connectivity index (χ3n) is 10.2. The molecular formula is C42H61N3O6. The maximum Gasteiger partial charge on any atom is 0.339 e. The van der Waals surface area contributed by atoms with Gasteiger partial charge in [-0.1, -0.05) is 12.1 Å². The number of carbonyl (C=O) groups is 3. The van der Waals surface area contributed by atoms with Crippen molar-refractivity contribution in [2.45, 2.75) is 173 Å². The summed E-state index contributed by atoms with van der Waals surface area (Å²) in [7, 11) is 0. The van der Waals surface area contributed by atoms with E-state index in [0.29, 0.717) is 66.3 Å². The SMILES string of the molecule is CC1(C)CC(OC(=O)c2ccc(-c3cc(C(=O)OC4CC(C)(C)NC(C)(C)C4)ccc3C(=O)OC3CC(C)(C)NC(C)(C)C3)cc2)CC(C)(C)N1. The van der Waals surface area contributed by atoms with Gasteiger partial charge in [0, 0.05) is 71.8 Å². The summed E-state index contributed by atoms with van der Waals surface area (Å²) in [5.41, 5.74) is 1.22. The second-order valence-corrected chi connectivity index (χ2v) is 19.3. The second-order valence-electron chi connectivity index (χ2n) is 19.3. The van der Waals surface area contributed by atoms with E-state index in [0.717, 1.165) is 0 Å². The molecule has 0 bridgehead atoms. The molecule has 2 aromatic carbocycles. The van der Waals surface area contributed by atoms with Crippen molar-refractivity contribution in [1.82, 2.24) is 16.0 Å². The summed E-state index contributed by atoms with van der Waals surface area (Å²) in [5.74, 6) is -1.28. The summed E-state index contributed by atoms with van der Waals surface area (Å²) >= 11 is 0. The van der Waals surface area contributed by atoms with Gasteiger partial charge >= 0.3 is 17.9 Å². The number of carbonyl (C=O) groups excluding carboxylic acids is 3. The van der Waals surface area contributed by atoms with Gasteiger partial charge in [-0.25, -0.2) is 14.4 Å². The summed E-state index contributed by atoms with van der Waals surface area (Å²) in [6.07, 6.45) is 3.39. The Balaban J connectivity index is 1.41. The first-order chi connectivity index (χ1) is 23.3. The van der Waals surface area contributed by atoms with E-state index in [-0.39, 0.29) is 57.5 Å². The number of hydrogen-bond donors (Lipinski definition) is 3. The van der Waals surface area contributed by atoms with E-state index in [1.807, 2.05) is 0 Å². The van der Waals surface area contributed by atoms with Crippen LogP contribution in [0.15, 0.2) is 42.5 Å². The number of ether oxygens (including phenoxy) is 3. The first-order valence-corrected chi connectivity index (χ1v) is 18.6. The fourth-order valence-corrected chi connectivity index (χ4v) is 9.46. The summed E-state index contributed by atoms with van der Waals surface area (Å²) in [4.78, 5) is 40.9. The predicted molar refractivity (Wildman–Crippen MR) is 201 cm³/mol. The van der Waals surface area contributed by atoms with Crippen LogP contribution in [0.1, 0.15) is 153 Å². The second kappa shape index (κ2) is 13.6. The smallest absolute Gasteiger partial charge is 0.339 e. The molecular weight excluding hydrogens is 642 g/mol. The lowest BCUT2D eigenvalue weighted by Crippen LogP contribution is -2.59. The molecule has 0 aliphatic carbocycles. The lowest BCUT2D eigenvalue weighted by molar-refractivity contribution is -0.00800. The number of hydrogen-bond acceptors (Lipinski definition) is 9. The standard InChI is InChI=1S/C42H61N3O6/c1-37(2)20-29(21-38(3,4)43-37)49-34(46)27-15-13-26(14-16-27)33-19-28(35(47)50-30-22-39(5,6)44-40(7,8)23-30)17-18-32(33)36(48)51-31-24-41(9,10)45-42(11,12)25-31/h13-19,29-31,43-45H,20-25H2,1-12H3. The molecule has 9 heteroatoms. The first kappa shape index (κ1) is 38.9. The van der Waals surface area contributed by atoms with Gasteiger partial charge in [0.25, 0.3) is 0 Å². The normalized spacial score (nSPS) is 23.9. The highest BCUT2D eigenvalue weighted by Gasteiger charge is 2.42. The van der Waals surface area contributed by atoms with Crippen LogP contribution in [0.3, 0.4) is 0 Å². The van der Waals surface area contributed by atoms with Crippen LogP contribution in [0.25, 0.3) is 11.1 Å². The van der Waals surface area contributed by atoms with Crippen molar-refractivity contribution in [2.24, 2.45) is 0 Å². The van der Waals surface area contributed by atoms with Gasteiger partial charge in [0.2, 0.25) is 0 Å². The van der Waals surface area contributed by atoms with Gasteiger partial charge in [-0.15, -0.1) is 0 Å². The Kier molecular flexibility index (Phi) is 10.4. The predicted octanol–water partition coefficient (Wildman–Crippen LogP) is 7.75. The number of piperidine rings is 3. The third kappa shape index (κ3) is 10.2. The van der Waals surface area contributed by atoms with Crippen molar-refractivity contribution in [3.63, 3.8) is 0 Å². The summed E-state index contributed by atoms with van der Waals surface area (Å²) < 4.78 is 18.3. The Morgan fingerprint density at radius 1 is 0.471 bits per heavy atom. The Morgan fingerprint density at radius 2 is 0.784 bits per heavy atom. The van der Waals surface area contributed by atoms with Crippen molar-refractivity contribution in [1.29, 1.82) is 0 Å². The minimum atomic E-state index is -0.454. The molecule has 0 atom stereocenters. The molecule has 0 amide bonds. The molecule has 5 rings (SSSR count). The lowest BCUT2D eigenvalue weighted by Gasteiger charge is -2.46. The summed E-state index contributed by atoms with van der Waals surface area (Å²) in [6, 6.07) is 12.0. The Hall–Kier alpha value is -3.27. The molecule has 3 aliphatic rings. The molecule has 0 spiro atoms. The fraction of sp³-hybridized carbons (Fsp3) is 0.643. The number of esters is 3. The molecule has 280 valence electrons. The molecule has 3 N–H and O–H groups in total. The van der Waals surface area contributed by atoms with E-state index >= 15 is 0 Å².